The van der Waals surface area contributed by atoms with Gasteiger partial charge in [0.1, 0.15) is 12.1 Å². The Bertz CT molecular complexity index is 560. The topological polar surface area (TPSA) is 99.3 Å². The maximum atomic E-state index is 11.2. The number of hydrogen-bond donors (Lipinski definition) is 2. The molecule has 0 saturated carbocycles. The minimum Gasteiger partial charge on any atom is -0.385 e. The summed E-state index contributed by atoms with van der Waals surface area (Å²) in [7, 11) is 0. The van der Waals surface area contributed by atoms with Crippen LogP contribution in [-0.4, -0.2) is 20.3 Å². The summed E-state index contributed by atoms with van der Waals surface area (Å²) >= 11 is 0. The van der Waals surface area contributed by atoms with E-state index in [0.717, 1.165) is 25.0 Å². The van der Waals surface area contributed by atoms with Crippen molar-refractivity contribution in [2.75, 3.05) is 5.73 Å². The molecule has 6 nitrogen and oxygen atoms in total. The van der Waals surface area contributed by atoms with E-state index in [4.69, 9.17) is 11.5 Å². The number of imidazole rings is 1. The molecule has 2 rings (SSSR count). The van der Waals surface area contributed by atoms with Crippen LogP contribution in [-0.2, 0) is 6.42 Å². The maximum absolute atomic E-state index is 11.2. The molecule has 0 aliphatic rings. The van der Waals surface area contributed by atoms with Crippen molar-refractivity contribution in [3.63, 3.8) is 0 Å². The molecular formula is C11H15N5O. The van der Waals surface area contributed by atoms with E-state index in [2.05, 4.69) is 16.9 Å². The third-order valence-electron chi connectivity index (χ3n) is 2.60. The molecule has 0 unspecified atom stereocenters. The average molecular weight is 233 g/mol. The van der Waals surface area contributed by atoms with E-state index in [1.807, 2.05) is 0 Å². The van der Waals surface area contributed by atoms with Gasteiger partial charge in [0.25, 0.3) is 5.91 Å². The van der Waals surface area contributed by atoms with Crippen LogP contribution in [0.2, 0.25) is 0 Å². The van der Waals surface area contributed by atoms with E-state index in [1.165, 1.54) is 6.33 Å². The van der Waals surface area contributed by atoms with Gasteiger partial charge in [0.15, 0.2) is 11.3 Å². The fourth-order valence-electron chi connectivity index (χ4n) is 1.71. The normalized spacial score (nSPS) is 10.9. The van der Waals surface area contributed by atoms with E-state index < -0.39 is 5.91 Å². The molecule has 0 radical (unpaired) electrons. The minimum absolute atomic E-state index is 0.162. The van der Waals surface area contributed by atoms with Gasteiger partial charge in [0.2, 0.25) is 0 Å². The number of amides is 1. The minimum atomic E-state index is -0.591. The summed E-state index contributed by atoms with van der Waals surface area (Å²) in [5, 5.41) is 0. The summed E-state index contributed by atoms with van der Waals surface area (Å²) in [6.07, 6.45) is 4.40. The van der Waals surface area contributed by atoms with E-state index in [-0.39, 0.29) is 5.69 Å². The van der Waals surface area contributed by atoms with Crippen molar-refractivity contribution in [3.05, 3.63) is 23.8 Å². The second kappa shape index (κ2) is 4.40. The zero-order chi connectivity index (χ0) is 12.4. The van der Waals surface area contributed by atoms with Gasteiger partial charge in [0, 0.05) is 11.8 Å². The molecule has 0 aromatic carbocycles. The average Bonchev–Trinajstić information content (AvgIpc) is 2.70. The third kappa shape index (κ3) is 2.06. The zero-order valence-corrected chi connectivity index (χ0v) is 9.68. The highest BCUT2D eigenvalue weighted by Crippen LogP contribution is 2.14. The van der Waals surface area contributed by atoms with Crippen LogP contribution in [0.5, 0.6) is 0 Å². The number of anilines is 1. The molecule has 0 aliphatic heterocycles. The molecule has 2 aromatic rings. The Balaban J connectivity index is 2.52. The number of hydrogen-bond acceptors (Lipinski definition) is 4. The standard InChI is InChI=1S/C11H15N5O/c1-2-3-4-7-5-8(12)16-6-14-9(10(13)17)11(16)15-7/h5-6H,2-4,12H2,1H3,(H2,13,17). The molecule has 17 heavy (non-hydrogen) atoms. The van der Waals surface area contributed by atoms with Crippen LogP contribution in [0.15, 0.2) is 12.4 Å². The highest BCUT2D eigenvalue weighted by Gasteiger charge is 2.13. The maximum Gasteiger partial charge on any atom is 0.271 e. The number of nitrogens with zero attached hydrogens (tertiary/aromatic N) is 3. The summed E-state index contributed by atoms with van der Waals surface area (Å²) in [4.78, 5) is 19.5. The quantitative estimate of drug-likeness (QED) is 0.814. The van der Waals surface area contributed by atoms with Gasteiger partial charge in [-0.25, -0.2) is 9.97 Å². The Kier molecular flexibility index (Phi) is 2.95. The van der Waals surface area contributed by atoms with Crippen LogP contribution in [0.25, 0.3) is 5.65 Å². The SMILES string of the molecule is CCCCc1cc(N)n2cnc(C(N)=O)c2n1. The van der Waals surface area contributed by atoms with E-state index in [0.29, 0.717) is 11.5 Å². The monoisotopic (exact) mass is 233 g/mol. The number of nitrogens with two attached hydrogens (primary N) is 2. The van der Waals surface area contributed by atoms with Crippen molar-refractivity contribution in [1.82, 2.24) is 14.4 Å². The van der Waals surface area contributed by atoms with Crippen LogP contribution < -0.4 is 11.5 Å². The summed E-state index contributed by atoms with van der Waals surface area (Å²) in [6, 6.07) is 1.80. The van der Waals surface area contributed by atoms with Crippen molar-refractivity contribution in [1.29, 1.82) is 0 Å². The molecule has 6 heteroatoms. The molecule has 0 atom stereocenters. The van der Waals surface area contributed by atoms with Crippen molar-refractivity contribution in [2.24, 2.45) is 5.73 Å². The van der Waals surface area contributed by atoms with E-state index in [1.54, 1.807) is 10.5 Å². The predicted molar refractivity (Wildman–Crippen MR) is 64.5 cm³/mol. The van der Waals surface area contributed by atoms with E-state index >= 15 is 0 Å². The molecule has 0 aliphatic carbocycles. The molecule has 0 saturated heterocycles. The first kappa shape index (κ1) is 11.4. The molecule has 0 fully saturated rings. The number of nitrogen functional groups attached to an aromatic ring is 1. The highest BCUT2D eigenvalue weighted by atomic mass is 16.1. The summed E-state index contributed by atoms with van der Waals surface area (Å²) < 4.78 is 1.57. The first-order valence-electron chi connectivity index (χ1n) is 5.55. The lowest BCUT2D eigenvalue weighted by molar-refractivity contribution is 0.0997. The summed E-state index contributed by atoms with van der Waals surface area (Å²) in [6.45, 7) is 2.11. The molecule has 1 amide bonds. The molecule has 90 valence electrons. The molecular weight excluding hydrogens is 218 g/mol. The first-order chi connectivity index (χ1) is 8.13. The molecule has 4 N–H and O–H groups in total. The Hall–Kier alpha value is -2.11. The number of carbonyl (C=O) groups is 1. The lowest BCUT2D eigenvalue weighted by atomic mass is 10.2. The zero-order valence-electron chi connectivity index (χ0n) is 9.68. The lowest BCUT2D eigenvalue weighted by Crippen LogP contribution is -2.13. The number of rotatable bonds is 4. The van der Waals surface area contributed by atoms with Crippen molar-refractivity contribution < 1.29 is 4.79 Å². The Morgan fingerprint density at radius 1 is 1.53 bits per heavy atom. The van der Waals surface area contributed by atoms with Gasteiger partial charge in [-0.15, -0.1) is 0 Å². The second-order valence-corrected chi connectivity index (χ2v) is 3.93. The van der Waals surface area contributed by atoms with Gasteiger partial charge >= 0.3 is 0 Å². The smallest absolute Gasteiger partial charge is 0.271 e. The summed E-state index contributed by atoms with van der Waals surface area (Å²) in [5.74, 6) is -0.0758. The van der Waals surface area contributed by atoms with Crippen molar-refractivity contribution >= 4 is 17.4 Å². The van der Waals surface area contributed by atoms with Crippen LogP contribution in [0.1, 0.15) is 35.9 Å². The number of aromatic nitrogens is 3. The number of aryl methyl sites for hydroxylation is 1. The Morgan fingerprint density at radius 3 is 2.94 bits per heavy atom. The second-order valence-electron chi connectivity index (χ2n) is 3.93. The molecule has 0 spiro atoms. The largest absolute Gasteiger partial charge is 0.385 e. The summed E-state index contributed by atoms with van der Waals surface area (Å²) in [5.41, 5.74) is 12.6. The molecule has 2 aromatic heterocycles. The van der Waals surface area contributed by atoms with Gasteiger partial charge in [-0.2, -0.15) is 0 Å². The van der Waals surface area contributed by atoms with Gasteiger partial charge in [-0.05, 0) is 12.8 Å². The van der Waals surface area contributed by atoms with Gasteiger partial charge in [-0.3, -0.25) is 9.20 Å². The van der Waals surface area contributed by atoms with Gasteiger partial charge < -0.3 is 11.5 Å². The Labute approximate surface area is 98.7 Å². The lowest BCUT2D eigenvalue weighted by Gasteiger charge is -2.04. The fourth-order valence-corrected chi connectivity index (χ4v) is 1.71. The van der Waals surface area contributed by atoms with Gasteiger partial charge in [0.05, 0.1) is 0 Å². The highest BCUT2D eigenvalue weighted by molar-refractivity contribution is 5.96. The van der Waals surface area contributed by atoms with Crippen molar-refractivity contribution in [2.45, 2.75) is 26.2 Å². The molecule has 2 heterocycles. The van der Waals surface area contributed by atoms with Crippen molar-refractivity contribution in [3.8, 4) is 0 Å². The number of carbonyl (C=O) groups excluding carboxylic acids is 1. The third-order valence-corrected chi connectivity index (χ3v) is 2.60. The van der Waals surface area contributed by atoms with E-state index in [9.17, 15) is 4.79 Å². The number of fused-ring (bicyclic) bond motifs is 1. The fraction of sp³-hybridized carbons (Fsp3) is 0.364. The van der Waals surface area contributed by atoms with Crippen LogP contribution in [0.3, 0.4) is 0 Å². The van der Waals surface area contributed by atoms with Crippen LogP contribution in [0.4, 0.5) is 5.82 Å². The predicted octanol–water partition coefficient (Wildman–Crippen LogP) is 0.753. The number of unbranched alkanes of at least 4 members (excludes halogenated alkanes) is 1. The van der Waals surface area contributed by atoms with Crippen LogP contribution in [0, 0.1) is 0 Å². The van der Waals surface area contributed by atoms with Crippen LogP contribution >= 0.6 is 0 Å². The number of primary amides is 1. The van der Waals surface area contributed by atoms with Gasteiger partial charge in [-0.1, -0.05) is 13.3 Å². The first-order valence-corrected chi connectivity index (χ1v) is 5.55. The molecule has 0 bridgehead atoms. The Morgan fingerprint density at radius 2 is 2.29 bits per heavy atom.